The van der Waals surface area contributed by atoms with Gasteiger partial charge in [0.25, 0.3) is 0 Å². The molecule has 4 heteroatoms. The first-order valence-electron chi connectivity index (χ1n) is 5.79. The predicted octanol–water partition coefficient (Wildman–Crippen LogP) is 1.76. The third kappa shape index (κ3) is 2.54. The molecule has 17 heavy (non-hydrogen) atoms. The molecule has 1 atom stereocenters. The van der Waals surface area contributed by atoms with Crippen molar-refractivity contribution in [3.05, 3.63) is 53.3 Å². The van der Waals surface area contributed by atoms with Crippen molar-refractivity contribution in [1.82, 2.24) is 15.2 Å². The van der Waals surface area contributed by atoms with Crippen LogP contribution in [0.5, 0.6) is 0 Å². The zero-order valence-corrected chi connectivity index (χ0v) is 10.2. The summed E-state index contributed by atoms with van der Waals surface area (Å²) >= 11 is 0. The van der Waals surface area contributed by atoms with Crippen LogP contribution in [-0.2, 0) is 6.54 Å². The molecule has 0 saturated carbocycles. The predicted molar refractivity (Wildman–Crippen MR) is 68.2 cm³/mol. The van der Waals surface area contributed by atoms with Gasteiger partial charge in [-0.15, -0.1) is 0 Å². The van der Waals surface area contributed by atoms with Gasteiger partial charge in [-0.1, -0.05) is 29.8 Å². The lowest BCUT2D eigenvalue weighted by Crippen LogP contribution is -2.28. The molecule has 0 radical (unpaired) electrons. The third-order valence-electron chi connectivity index (χ3n) is 2.85. The maximum atomic E-state index is 5.65. The number of benzene rings is 1. The summed E-state index contributed by atoms with van der Waals surface area (Å²) in [5.74, 6) is 5.65. The Morgan fingerprint density at radius 1 is 1.41 bits per heavy atom. The molecule has 3 N–H and O–H groups in total. The van der Waals surface area contributed by atoms with Gasteiger partial charge in [0.2, 0.25) is 0 Å². The summed E-state index contributed by atoms with van der Waals surface area (Å²) in [5, 5.41) is 4.27. The van der Waals surface area contributed by atoms with Crippen LogP contribution in [0.15, 0.2) is 36.7 Å². The molecule has 4 nitrogen and oxygen atoms in total. The number of hydrogen-bond donors (Lipinski definition) is 2. The summed E-state index contributed by atoms with van der Waals surface area (Å²) in [5.41, 5.74) is 6.31. The second-order valence-corrected chi connectivity index (χ2v) is 4.14. The van der Waals surface area contributed by atoms with Crippen molar-refractivity contribution in [1.29, 1.82) is 0 Å². The number of aryl methyl sites for hydroxylation is 2. The van der Waals surface area contributed by atoms with Crippen molar-refractivity contribution in [2.75, 3.05) is 0 Å². The standard InChI is InChI=1S/C13H18N4/c1-3-17-9-12(8-15-17)13(16-14)11-6-4-5-10(2)7-11/h4-9,13,16H,3,14H2,1-2H3. The van der Waals surface area contributed by atoms with E-state index in [9.17, 15) is 0 Å². The monoisotopic (exact) mass is 230 g/mol. The molecule has 90 valence electrons. The number of aromatic nitrogens is 2. The summed E-state index contributed by atoms with van der Waals surface area (Å²) < 4.78 is 1.90. The molecule has 2 aromatic rings. The quantitative estimate of drug-likeness (QED) is 0.621. The second-order valence-electron chi connectivity index (χ2n) is 4.14. The Morgan fingerprint density at radius 2 is 2.24 bits per heavy atom. The molecule has 1 aromatic carbocycles. The Hall–Kier alpha value is -1.65. The molecule has 1 unspecified atom stereocenters. The van der Waals surface area contributed by atoms with Gasteiger partial charge in [-0.3, -0.25) is 10.5 Å². The molecule has 0 aliphatic carbocycles. The third-order valence-corrected chi connectivity index (χ3v) is 2.85. The number of rotatable bonds is 4. The van der Waals surface area contributed by atoms with Crippen LogP contribution in [0.3, 0.4) is 0 Å². The topological polar surface area (TPSA) is 55.9 Å². The molecule has 0 aliphatic heterocycles. The van der Waals surface area contributed by atoms with Crippen LogP contribution in [0.25, 0.3) is 0 Å². The van der Waals surface area contributed by atoms with E-state index in [1.807, 2.05) is 23.1 Å². The van der Waals surface area contributed by atoms with Crippen molar-refractivity contribution < 1.29 is 0 Å². The fraction of sp³-hybridized carbons (Fsp3) is 0.308. The summed E-state index contributed by atoms with van der Waals surface area (Å²) in [6, 6.07) is 8.32. The normalized spacial score (nSPS) is 12.6. The van der Waals surface area contributed by atoms with Gasteiger partial charge >= 0.3 is 0 Å². The van der Waals surface area contributed by atoms with E-state index in [2.05, 4.69) is 42.6 Å². The van der Waals surface area contributed by atoms with E-state index in [1.165, 1.54) is 5.56 Å². The van der Waals surface area contributed by atoms with Crippen molar-refractivity contribution in [2.24, 2.45) is 5.84 Å². The lowest BCUT2D eigenvalue weighted by Gasteiger charge is -2.15. The van der Waals surface area contributed by atoms with Crippen molar-refractivity contribution in [3.8, 4) is 0 Å². The minimum Gasteiger partial charge on any atom is -0.273 e. The molecule has 0 fully saturated rings. The average molecular weight is 230 g/mol. The van der Waals surface area contributed by atoms with Crippen LogP contribution < -0.4 is 11.3 Å². The maximum Gasteiger partial charge on any atom is 0.0740 e. The first kappa shape index (κ1) is 11.8. The van der Waals surface area contributed by atoms with Crippen LogP contribution in [0.4, 0.5) is 0 Å². The highest BCUT2D eigenvalue weighted by Gasteiger charge is 2.14. The van der Waals surface area contributed by atoms with E-state index < -0.39 is 0 Å². The van der Waals surface area contributed by atoms with Crippen LogP contribution in [0.2, 0.25) is 0 Å². The summed E-state index contributed by atoms with van der Waals surface area (Å²) in [7, 11) is 0. The number of nitrogens with one attached hydrogen (secondary N) is 1. The minimum atomic E-state index is -0.00444. The Labute approximate surface area is 101 Å². The molecular weight excluding hydrogens is 212 g/mol. The number of hydrazine groups is 1. The van der Waals surface area contributed by atoms with Crippen LogP contribution in [0, 0.1) is 6.92 Å². The Kier molecular flexibility index (Phi) is 3.56. The Balaban J connectivity index is 2.33. The lowest BCUT2D eigenvalue weighted by atomic mass is 10.0. The fourth-order valence-electron chi connectivity index (χ4n) is 1.94. The van der Waals surface area contributed by atoms with Gasteiger partial charge in [0, 0.05) is 18.3 Å². The van der Waals surface area contributed by atoms with Gasteiger partial charge in [0.15, 0.2) is 0 Å². The minimum absolute atomic E-state index is 0.00444. The van der Waals surface area contributed by atoms with Crippen LogP contribution in [0.1, 0.15) is 29.7 Å². The SMILES string of the molecule is CCn1cc(C(NN)c2cccc(C)c2)cn1. The molecule has 0 saturated heterocycles. The van der Waals surface area contributed by atoms with Gasteiger partial charge in [0.05, 0.1) is 12.2 Å². The van der Waals surface area contributed by atoms with Crippen LogP contribution >= 0.6 is 0 Å². The first-order chi connectivity index (χ1) is 8.24. The van der Waals surface area contributed by atoms with Crippen molar-refractivity contribution in [3.63, 3.8) is 0 Å². The largest absolute Gasteiger partial charge is 0.273 e. The van der Waals surface area contributed by atoms with Crippen LogP contribution in [-0.4, -0.2) is 9.78 Å². The van der Waals surface area contributed by atoms with E-state index in [1.54, 1.807) is 0 Å². The molecule has 0 aliphatic rings. The summed E-state index contributed by atoms with van der Waals surface area (Å²) in [6.45, 7) is 5.01. The first-order valence-corrected chi connectivity index (χ1v) is 5.79. The number of nitrogens with zero attached hydrogens (tertiary/aromatic N) is 2. The molecule has 0 amide bonds. The van der Waals surface area contributed by atoms with Gasteiger partial charge in [-0.05, 0) is 19.4 Å². The number of hydrogen-bond acceptors (Lipinski definition) is 3. The zero-order valence-electron chi connectivity index (χ0n) is 10.2. The molecule has 1 aromatic heterocycles. The van der Waals surface area contributed by atoms with Gasteiger partial charge in [-0.2, -0.15) is 5.10 Å². The molecule has 0 spiro atoms. The fourth-order valence-corrected chi connectivity index (χ4v) is 1.94. The summed E-state index contributed by atoms with van der Waals surface area (Å²) in [4.78, 5) is 0. The lowest BCUT2D eigenvalue weighted by molar-refractivity contribution is 0.630. The van der Waals surface area contributed by atoms with Gasteiger partial charge < -0.3 is 0 Å². The highest BCUT2D eigenvalue weighted by Crippen LogP contribution is 2.21. The smallest absolute Gasteiger partial charge is 0.0740 e. The summed E-state index contributed by atoms with van der Waals surface area (Å²) in [6.07, 6.45) is 3.88. The van der Waals surface area contributed by atoms with Crippen molar-refractivity contribution in [2.45, 2.75) is 26.4 Å². The second kappa shape index (κ2) is 5.12. The zero-order chi connectivity index (χ0) is 12.3. The van der Waals surface area contributed by atoms with E-state index in [0.29, 0.717) is 0 Å². The Morgan fingerprint density at radius 3 is 2.82 bits per heavy atom. The molecule has 1 heterocycles. The molecular formula is C13H18N4. The highest BCUT2D eigenvalue weighted by atomic mass is 15.3. The average Bonchev–Trinajstić information content (AvgIpc) is 2.79. The highest BCUT2D eigenvalue weighted by molar-refractivity contribution is 5.31. The molecule has 0 bridgehead atoms. The molecule has 2 rings (SSSR count). The van der Waals surface area contributed by atoms with E-state index in [4.69, 9.17) is 5.84 Å². The Bertz CT molecular complexity index is 490. The van der Waals surface area contributed by atoms with Gasteiger partial charge in [-0.25, -0.2) is 5.43 Å². The van der Waals surface area contributed by atoms with E-state index in [0.717, 1.165) is 17.7 Å². The maximum absolute atomic E-state index is 5.65. The van der Waals surface area contributed by atoms with Gasteiger partial charge in [0.1, 0.15) is 0 Å². The van der Waals surface area contributed by atoms with E-state index >= 15 is 0 Å². The van der Waals surface area contributed by atoms with E-state index in [-0.39, 0.29) is 6.04 Å². The number of nitrogens with two attached hydrogens (primary N) is 1. The van der Waals surface area contributed by atoms with Crippen molar-refractivity contribution >= 4 is 0 Å².